The van der Waals surface area contributed by atoms with Crippen molar-refractivity contribution in [2.75, 3.05) is 6.54 Å². The highest BCUT2D eigenvalue weighted by atomic mass is 35.5. The lowest BCUT2D eigenvalue weighted by Crippen LogP contribution is -2.50. The fraction of sp³-hybridized carbons (Fsp3) is 0.333. The van der Waals surface area contributed by atoms with Gasteiger partial charge in [-0.15, -0.1) is 0 Å². The minimum Gasteiger partial charge on any atom is -0.354 e. The van der Waals surface area contributed by atoms with Gasteiger partial charge in [0.15, 0.2) is 0 Å². The monoisotopic (exact) mass is 490 g/mol. The van der Waals surface area contributed by atoms with Gasteiger partial charge in [-0.2, -0.15) is 0 Å². The Hall–Kier alpha value is -3.11. The highest BCUT2D eigenvalue weighted by Crippen LogP contribution is 2.18. The Labute approximate surface area is 214 Å². The number of halogens is 1. The van der Waals surface area contributed by atoms with E-state index in [1.54, 1.807) is 4.90 Å². The first-order valence-corrected chi connectivity index (χ1v) is 12.8. The highest BCUT2D eigenvalue weighted by molar-refractivity contribution is 6.30. The number of carbonyl (C=O) groups excluding carboxylic acids is 2. The third-order valence-corrected chi connectivity index (χ3v) is 6.34. The van der Waals surface area contributed by atoms with Gasteiger partial charge in [0.25, 0.3) is 0 Å². The third-order valence-electron chi connectivity index (χ3n) is 6.09. The molecule has 0 aromatic heterocycles. The van der Waals surface area contributed by atoms with E-state index in [0.717, 1.165) is 36.0 Å². The van der Waals surface area contributed by atoms with E-state index in [4.69, 9.17) is 11.6 Å². The number of amides is 2. The lowest BCUT2D eigenvalue weighted by atomic mass is 10.0. The van der Waals surface area contributed by atoms with Crippen LogP contribution in [0, 0.1) is 0 Å². The molecule has 1 unspecified atom stereocenters. The molecule has 0 saturated carbocycles. The van der Waals surface area contributed by atoms with Gasteiger partial charge in [0, 0.05) is 31.0 Å². The van der Waals surface area contributed by atoms with Crippen molar-refractivity contribution in [2.45, 2.75) is 58.0 Å². The third kappa shape index (κ3) is 8.88. The van der Waals surface area contributed by atoms with Crippen LogP contribution in [0.4, 0.5) is 0 Å². The van der Waals surface area contributed by atoms with E-state index in [1.807, 2.05) is 84.9 Å². The second-order valence-corrected chi connectivity index (χ2v) is 9.27. The summed E-state index contributed by atoms with van der Waals surface area (Å²) in [5.41, 5.74) is 3.08. The quantitative estimate of drug-likeness (QED) is 0.289. The molecule has 0 aliphatic heterocycles. The SMILES string of the molecule is CCCCCNC(=O)C(Cc1ccccc1)N(Cc1ccc(Cl)cc1)C(=O)CCc1ccccc1. The van der Waals surface area contributed by atoms with Gasteiger partial charge in [-0.05, 0) is 41.7 Å². The van der Waals surface area contributed by atoms with Crippen LogP contribution in [0.3, 0.4) is 0 Å². The van der Waals surface area contributed by atoms with E-state index >= 15 is 0 Å². The van der Waals surface area contributed by atoms with E-state index in [0.29, 0.717) is 37.4 Å². The summed E-state index contributed by atoms with van der Waals surface area (Å²) < 4.78 is 0. The summed E-state index contributed by atoms with van der Waals surface area (Å²) in [6.07, 6.45) is 4.52. The Bertz CT molecular complexity index is 1040. The maximum absolute atomic E-state index is 13.6. The van der Waals surface area contributed by atoms with Crippen molar-refractivity contribution < 1.29 is 9.59 Å². The number of benzene rings is 3. The first-order chi connectivity index (χ1) is 17.1. The van der Waals surface area contributed by atoms with Gasteiger partial charge in [0.2, 0.25) is 11.8 Å². The molecule has 184 valence electrons. The van der Waals surface area contributed by atoms with E-state index < -0.39 is 6.04 Å². The second kappa shape index (κ2) is 14.3. The number of nitrogens with zero attached hydrogens (tertiary/aromatic N) is 1. The summed E-state index contributed by atoms with van der Waals surface area (Å²) in [4.78, 5) is 28.8. The second-order valence-electron chi connectivity index (χ2n) is 8.84. The lowest BCUT2D eigenvalue weighted by molar-refractivity contribution is -0.141. The summed E-state index contributed by atoms with van der Waals surface area (Å²) in [7, 11) is 0. The van der Waals surface area contributed by atoms with Gasteiger partial charge in [-0.1, -0.05) is 104 Å². The van der Waals surface area contributed by atoms with Gasteiger partial charge < -0.3 is 10.2 Å². The summed E-state index contributed by atoms with van der Waals surface area (Å²) in [6, 6.07) is 26.8. The summed E-state index contributed by atoms with van der Waals surface area (Å²) in [5.74, 6) is -0.138. The van der Waals surface area contributed by atoms with Crippen molar-refractivity contribution in [3.05, 3.63) is 107 Å². The fourth-order valence-corrected chi connectivity index (χ4v) is 4.21. The van der Waals surface area contributed by atoms with Crippen LogP contribution in [0.15, 0.2) is 84.9 Å². The average Bonchev–Trinajstić information content (AvgIpc) is 2.89. The van der Waals surface area contributed by atoms with Gasteiger partial charge in [0.05, 0.1) is 0 Å². The molecular formula is C30H35ClN2O2. The van der Waals surface area contributed by atoms with Gasteiger partial charge in [-0.3, -0.25) is 9.59 Å². The van der Waals surface area contributed by atoms with Crippen LogP contribution in [-0.4, -0.2) is 29.3 Å². The molecule has 0 heterocycles. The molecule has 1 N–H and O–H groups in total. The van der Waals surface area contributed by atoms with Crippen LogP contribution in [0.5, 0.6) is 0 Å². The summed E-state index contributed by atoms with van der Waals surface area (Å²) in [6.45, 7) is 3.11. The standard InChI is InChI=1S/C30H35ClN2O2/c1-2-3-10-21-32-30(35)28(22-25-13-8-5-9-14-25)33(23-26-15-18-27(31)19-16-26)29(34)20-17-24-11-6-4-7-12-24/h4-9,11-16,18-19,28H,2-3,10,17,20-23H2,1H3,(H,32,35). The van der Waals surface area contributed by atoms with Crippen molar-refractivity contribution in [1.82, 2.24) is 10.2 Å². The van der Waals surface area contributed by atoms with E-state index in [1.165, 1.54) is 0 Å². The number of carbonyl (C=O) groups is 2. The number of hydrogen-bond acceptors (Lipinski definition) is 2. The normalized spacial score (nSPS) is 11.6. The molecule has 0 fully saturated rings. The van der Waals surface area contributed by atoms with Crippen molar-refractivity contribution in [2.24, 2.45) is 0 Å². The first-order valence-electron chi connectivity index (χ1n) is 12.5. The Morgan fingerprint density at radius 2 is 1.46 bits per heavy atom. The molecule has 0 saturated heterocycles. The fourth-order valence-electron chi connectivity index (χ4n) is 4.08. The first kappa shape index (κ1) is 26.5. The predicted octanol–water partition coefficient (Wildman–Crippen LogP) is 6.22. The highest BCUT2D eigenvalue weighted by Gasteiger charge is 2.30. The maximum Gasteiger partial charge on any atom is 0.243 e. The lowest BCUT2D eigenvalue weighted by Gasteiger charge is -2.32. The van der Waals surface area contributed by atoms with Crippen molar-refractivity contribution in [3.63, 3.8) is 0 Å². The zero-order valence-corrected chi connectivity index (χ0v) is 21.2. The van der Waals surface area contributed by atoms with Crippen molar-refractivity contribution in [3.8, 4) is 0 Å². The zero-order valence-electron chi connectivity index (χ0n) is 20.5. The number of rotatable bonds is 13. The molecule has 3 aromatic carbocycles. The minimum absolute atomic E-state index is 0.0338. The van der Waals surface area contributed by atoms with Crippen LogP contribution in [0.1, 0.15) is 49.3 Å². The molecule has 0 spiro atoms. The molecule has 4 nitrogen and oxygen atoms in total. The van der Waals surface area contributed by atoms with Gasteiger partial charge >= 0.3 is 0 Å². The molecule has 5 heteroatoms. The molecule has 0 bridgehead atoms. The Morgan fingerprint density at radius 3 is 2.09 bits per heavy atom. The Morgan fingerprint density at radius 1 is 0.829 bits per heavy atom. The van der Waals surface area contributed by atoms with Gasteiger partial charge in [-0.25, -0.2) is 0 Å². The average molecular weight is 491 g/mol. The Kier molecular flexibility index (Phi) is 10.8. The molecule has 0 aliphatic rings. The van der Waals surface area contributed by atoms with Crippen molar-refractivity contribution >= 4 is 23.4 Å². The molecule has 0 radical (unpaired) electrons. The number of nitrogens with one attached hydrogen (secondary N) is 1. The molecule has 1 atom stereocenters. The smallest absolute Gasteiger partial charge is 0.243 e. The maximum atomic E-state index is 13.6. The number of unbranched alkanes of at least 4 members (excludes halogenated alkanes) is 2. The number of aryl methyl sites for hydroxylation is 1. The van der Waals surface area contributed by atoms with E-state index in [-0.39, 0.29) is 11.8 Å². The summed E-state index contributed by atoms with van der Waals surface area (Å²) in [5, 5.41) is 3.73. The van der Waals surface area contributed by atoms with Crippen molar-refractivity contribution in [1.29, 1.82) is 0 Å². The summed E-state index contributed by atoms with van der Waals surface area (Å²) >= 11 is 6.09. The molecule has 35 heavy (non-hydrogen) atoms. The van der Waals surface area contributed by atoms with Gasteiger partial charge in [0.1, 0.15) is 6.04 Å². The van der Waals surface area contributed by atoms with Crippen LogP contribution in [0.2, 0.25) is 5.02 Å². The zero-order chi connectivity index (χ0) is 24.9. The molecule has 3 aromatic rings. The van der Waals surface area contributed by atoms with Crippen LogP contribution in [-0.2, 0) is 29.0 Å². The predicted molar refractivity (Wildman–Crippen MR) is 143 cm³/mol. The van der Waals surface area contributed by atoms with E-state index in [9.17, 15) is 9.59 Å². The molecule has 0 aliphatic carbocycles. The topological polar surface area (TPSA) is 49.4 Å². The molecule has 2 amide bonds. The minimum atomic E-state index is -0.599. The molecular weight excluding hydrogens is 456 g/mol. The number of hydrogen-bond donors (Lipinski definition) is 1. The van der Waals surface area contributed by atoms with Crippen LogP contribution >= 0.6 is 11.6 Å². The van der Waals surface area contributed by atoms with Crippen LogP contribution < -0.4 is 5.32 Å². The largest absolute Gasteiger partial charge is 0.354 e. The van der Waals surface area contributed by atoms with Crippen LogP contribution in [0.25, 0.3) is 0 Å². The van der Waals surface area contributed by atoms with E-state index in [2.05, 4.69) is 12.2 Å². The molecule has 3 rings (SSSR count). The Balaban J connectivity index is 1.85.